The Balaban J connectivity index is 1.86. The summed E-state index contributed by atoms with van der Waals surface area (Å²) in [6, 6.07) is 10.7. The van der Waals surface area contributed by atoms with Gasteiger partial charge in [-0.15, -0.1) is 10.2 Å². The average molecular weight is 440 g/mol. The molecule has 1 amide bonds. The van der Waals surface area contributed by atoms with Gasteiger partial charge in [-0.3, -0.25) is 9.36 Å². The predicted octanol–water partition coefficient (Wildman–Crippen LogP) is 3.75. The van der Waals surface area contributed by atoms with Crippen LogP contribution in [0.5, 0.6) is 5.75 Å². The lowest BCUT2D eigenvalue weighted by molar-refractivity contribution is -0.137. The highest BCUT2D eigenvalue weighted by Crippen LogP contribution is 2.29. The molecule has 30 heavy (non-hydrogen) atoms. The zero-order valence-electron chi connectivity index (χ0n) is 16.1. The van der Waals surface area contributed by atoms with Crippen LogP contribution in [0.25, 0.3) is 11.4 Å². The van der Waals surface area contributed by atoms with Crippen LogP contribution in [0.15, 0.2) is 52.2 Å². The third kappa shape index (κ3) is 5.56. The summed E-state index contributed by atoms with van der Waals surface area (Å²) in [5.74, 6) is 1.03. The Bertz CT molecular complexity index is 989. The summed E-state index contributed by atoms with van der Waals surface area (Å²) < 4.78 is 49.5. The molecule has 3 aromatic rings. The van der Waals surface area contributed by atoms with Crippen LogP contribution in [0.1, 0.15) is 12.7 Å². The van der Waals surface area contributed by atoms with E-state index in [4.69, 9.17) is 9.15 Å². The number of alkyl halides is 3. The Morgan fingerprint density at radius 3 is 2.77 bits per heavy atom. The molecule has 0 saturated carbocycles. The van der Waals surface area contributed by atoms with E-state index in [9.17, 15) is 18.0 Å². The number of hydrogen-bond acceptors (Lipinski definition) is 6. The van der Waals surface area contributed by atoms with Crippen LogP contribution in [-0.4, -0.2) is 45.8 Å². The first kappa shape index (κ1) is 21.8. The van der Waals surface area contributed by atoms with Gasteiger partial charge in [0.15, 0.2) is 11.0 Å². The van der Waals surface area contributed by atoms with Crippen molar-refractivity contribution in [2.45, 2.75) is 30.1 Å². The minimum Gasteiger partial charge on any atom is -0.497 e. The minimum absolute atomic E-state index is 0.283. The van der Waals surface area contributed by atoms with Gasteiger partial charge in [0.25, 0.3) is 0 Å². The molecule has 3 rings (SSSR count). The Morgan fingerprint density at radius 1 is 1.30 bits per heavy atom. The number of nitrogens with one attached hydrogen (secondary N) is 1. The SMILES string of the molecule is COc1cccc(-c2nnc(SC(C)C(=O)NCC(F)(F)F)n2Cc2ccco2)c1. The van der Waals surface area contributed by atoms with Crippen LogP contribution < -0.4 is 10.1 Å². The van der Waals surface area contributed by atoms with E-state index >= 15 is 0 Å². The summed E-state index contributed by atoms with van der Waals surface area (Å²) in [4.78, 5) is 12.1. The molecule has 0 bridgehead atoms. The van der Waals surface area contributed by atoms with Crippen molar-refractivity contribution >= 4 is 17.7 Å². The van der Waals surface area contributed by atoms with Gasteiger partial charge in [0.2, 0.25) is 5.91 Å². The summed E-state index contributed by atoms with van der Waals surface area (Å²) in [7, 11) is 1.55. The Kier molecular flexibility index (Phi) is 6.70. The molecule has 0 radical (unpaired) electrons. The number of rotatable bonds is 8. The first-order chi connectivity index (χ1) is 14.3. The normalized spacial score (nSPS) is 12.6. The second-order valence-electron chi connectivity index (χ2n) is 6.30. The predicted molar refractivity (Wildman–Crippen MR) is 104 cm³/mol. The fourth-order valence-electron chi connectivity index (χ4n) is 2.60. The molecule has 1 aromatic carbocycles. The molecule has 0 aliphatic rings. The molecule has 7 nitrogen and oxygen atoms in total. The van der Waals surface area contributed by atoms with Crippen molar-refractivity contribution in [2.75, 3.05) is 13.7 Å². The van der Waals surface area contributed by atoms with Crippen molar-refractivity contribution < 1.29 is 27.1 Å². The second-order valence-corrected chi connectivity index (χ2v) is 7.60. The summed E-state index contributed by atoms with van der Waals surface area (Å²) in [6.07, 6.45) is -2.94. The molecule has 1 N–H and O–H groups in total. The van der Waals surface area contributed by atoms with Crippen molar-refractivity contribution in [3.8, 4) is 17.1 Å². The monoisotopic (exact) mass is 440 g/mol. The Hall–Kier alpha value is -2.95. The van der Waals surface area contributed by atoms with Gasteiger partial charge in [0, 0.05) is 5.56 Å². The third-order valence-electron chi connectivity index (χ3n) is 4.05. The van der Waals surface area contributed by atoms with Crippen molar-refractivity contribution in [3.63, 3.8) is 0 Å². The number of ether oxygens (including phenoxy) is 1. The van der Waals surface area contributed by atoms with Gasteiger partial charge in [-0.2, -0.15) is 13.2 Å². The maximum Gasteiger partial charge on any atom is 0.405 e. The number of halogens is 3. The number of amides is 1. The highest BCUT2D eigenvalue weighted by molar-refractivity contribution is 8.00. The molecule has 2 aromatic heterocycles. The number of hydrogen-bond donors (Lipinski definition) is 1. The van der Waals surface area contributed by atoms with Gasteiger partial charge >= 0.3 is 6.18 Å². The fourth-order valence-corrected chi connectivity index (χ4v) is 3.47. The summed E-state index contributed by atoms with van der Waals surface area (Å²) >= 11 is 1.01. The maximum atomic E-state index is 12.4. The van der Waals surface area contributed by atoms with E-state index in [-0.39, 0.29) is 6.54 Å². The molecular weight excluding hydrogens is 421 g/mol. The highest BCUT2D eigenvalue weighted by Gasteiger charge is 2.29. The van der Waals surface area contributed by atoms with E-state index in [0.717, 1.165) is 17.3 Å². The number of methoxy groups -OCH3 is 1. The quantitative estimate of drug-likeness (QED) is 0.537. The van der Waals surface area contributed by atoms with Crippen LogP contribution in [0.3, 0.4) is 0 Å². The van der Waals surface area contributed by atoms with E-state index in [1.165, 1.54) is 13.2 Å². The summed E-state index contributed by atoms with van der Waals surface area (Å²) in [5.41, 5.74) is 0.731. The molecule has 160 valence electrons. The van der Waals surface area contributed by atoms with Crippen LogP contribution in [0, 0.1) is 0 Å². The highest BCUT2D eigenvalue weighted by atomic mass is 32.2. The van der Waals surface area contributed by atoms with Gasteiger partial charge in [-0.1, -0.05) is 23.9 Å². The zero-order chi connectivity index (χ0) is 21.7. The van der Waals surface area contributed by atoms with E-state index in [0.29, 0.717) is 22.5 Å². The smallest absolute Gasteiger partial charge is 0.405 e. The summed E-state index contributed by atoms with van der Waals surface area (Å²) in [6.45, 7) is 0.407. The standard InChI is InChI=1S/C19H19F3N4O3S/c1-12(17(27)23-11-19(20,21)22)30-18-25-24-16(13-5-3-6-14(9-13)28-2)26(18)10-15-7-4-8-29-15/h3-9,12H,10-11H2,1-2H3,(H,23,27). The maximum absolute atomic E-state index is 12.4. The van der Waals surface area contributed by atoms with E-state index in [1.807, 2.05) is 11.4 Å². The molecule has 11 heteroatoms. The van der Waals surface area contributed by atoms with Crippen LogP contribution in [-0.2, 0) is 11.3 Å². The van der Waals surface area contributed by atoms with Crippen molar-refractivity contribution in [2.24, 2.45) is 0 Å². The van der Waals surface area contributed by atoms with Gasteiger partial charge in [0.1, 0.15) is 18.1 Å². The average Bonchev–Trinajstić information content (AvgIpc) is 3.36. The molecular formula is C19H19F3N4O3S. The first-order valence-electron chi connectivity index (χ1n) is 8.88. The lowest BCUT2D eigenvalue weighted by Gasteiger charge is -2.14. The van der Waals surface area contributed by atoms with Gasteiger partial charge in [-0.05, 0) is 31.2 Å². The van der Waals surface area contributed by atoms with Crippen LogP contribution >= 0.6 is 11.8 Å². The Labute approximate surface area is 174 Å². The van der Waals surface area contributed by atoms with Crippen molar-refractivity contribution in [1.29, 1.82) is 0 Å². The molecule has 0 aliphatic carbocycles. The van der Waals surface area contributed by atoms with Crippen LogP contribution in [0.2, 0.25) is 0 Å². The van der Waals surface area contributed by atoms with E-state index in [1.54, 1.807) is 42.0 Å². The van der Waals surface area contributed by atoms with Crippen molar-refractivity contribution in [1.82, 2.24) is 20.1 Å². The number of thioether (sulfide) groups is 1. The minimum atomic E-state index is -4.47. The van der Waals surface area contributed by atoms with Gasteiger partial charge in [0.05, 0.1) is 25.2 Å². The fraction of sp³-hybridized carbons (Fsp3) is 0.316. The molecule has 0 fully saturated rings. The first-order valence-corrected chi connectivity index (χ1v) is 9.76. The molecule has 0 aliphatic heterocycles. The number of furan rings is 1. The molecule has 0 saturated heterocycles. The number of aromatic nitrogens is 3. The lowest BCUT2D eigenvalue weighted by atomic mass is 10.2. The molecule has 1 unspecified atom stereocenters. The molecule has 2 heterocycles. The summed E-state index contributed by atoms with van der Waals surface area (Å²) in [5, 5.41) is 9.82. The van der Waals surface area contributed by atoms with Crippen molar-refractivity contribution in [3.05, 3.63) is 48.4 Å². The van der Waals surface area contributed by atoms with Crippen LogP contribution in [0.4, 0.5) is 13.2 Å². The zero-order valence-corrected chi connectivity index (χ0v) is 17.0. The Morgan fingerprint density at radius 2 is 2.10 bits per heavy atom. The topological polar surface area (TPSA) is 82.2 Å². The number of nitrogens with zero attached hydrogens (tertiary/aromatic N) is 3. The van der Waals surface area contributed by atoms with Gasteiger partial charge in [-0.25, -0.2) is 0 Å². The van der Waals surface area contributed by atoms with E-state index < -0.39 is 23.9 Å². The molecule has 1 atom stereocenters. The molecule has 0 spiro atoms. The number of carbonyl (C=O) groups is 1. The number of carbonyl (C=O) groups excluding carboxylic acids is 1. The number of benzene rings is 1. The van der Waals surface area contributed by atoms with E-state index in [2.05, 4.69) is 10.2 Å². The van der Waals surface area contributed by atoms with Gasteiger partial charge < -0.3 is 14.5 Å². The second kappa shape index (κ2) is 9.24. The largest absolute Gasteiger partial charge is 0.497 e. The lowest BCUT2D eigenvalue weighted by Crippen LogP contribution is -2.38. The third-order valence-corrected chi connectivity index (χ3v) is 5.13.